The van der Waals surface area contributed by atoms with Crippen LogP contribution in [0.15, 0.2) is 45.7 Å². The zero-order valence-corrected chi connectivity index (χ0v) is 14.1. The van der Waals surface area contributed by atoms with E-state index in [-0.39, 0.29) is 23.5 Å². The second kappa shape index (κ2) is 6.25. The summed E-state index contributed by atoms with van der Waals surface area (Å²) in [4.78, 5) is 25.7. The van der Waals surface area contributed by atoms with Crippen LogP contribution in [0.25, 0.3) is 6.08 Å². The van der Waals surface area contributed by atoms with Gasteiger partial charge in [-0.15, -0.1) is 0 Å². The molecule has 0 unspecified atom stereocenters. The number of furan rings is 1. The summed E-state index contributed by atoms with van der Waals surface area (Å²) in [5, 5.41) is -0.346. The Morgan fingerprint density at radius 2 is 1.91 bits per heavy atom. The predicted octanol–water partition coefficient (Wildman–Crippen LogP) is 4.26. The van der Waals surface area contributed by atoms with Crippen LogP contribution >= 0.6 is 34.4 Å². The summed E-state index contributed by atoms with van der Waals surface area (Å²) in [5.41, 5.74) is 0.692. The van der Waals surface area contributed by atoms with Crippen LogP contribution in [0.2, 0.25) is 0 Å². The fraction of sp³-hybridized carbons (Fsp3) is 0.0667. The van der Waals surface area contributed by atoms with Crippen molar-refractivity contribution >= 4 is 51.6 Å². The minimum Gasteiger partial charge on any atom is -0.451 e. The van der Waals surface area contributed by atoms with Gasteiger partial charge in [0, 0.05) is 6.08 Å². The Hall–Kier alpha value is -1.61. The molecule has 1 aliphatic heterocycles. The summed E-state index contributed by atoms with van der Waals surface area (Å²) >= 11 is 2.89. The van der Waals surface area contributed by atoms with E-state index in [0.29, 0.717) is 20.0 Å². The molecular formula is C15H9FINO3S. The van der Waals surface area contributed by atoms with E-state index in [1.54, 1.807) is 30.3 Å². The van der Waals surface area contributed by atoms with Gasteiger partial charge in [0.1, 0.15) is 11.6 Å². The summed E-state index contributed by atoms with van der Waals surface area (Å²) in [5.74, 6) is -0.201. The Kier molecular flexibility index (Phi) is 4.34. The van der Waals surface area contributed by atoms with Gasteiger partial charge in [0.25, 0.3) is 11.1 Å². The molecule has 2 aromatic rings. The Morgan fingerprint density at radius 1 is 1.18 bits per heavy atom. The van der Waals surface area contributed by atoms with Crippen molar-refractivity contribution in [2.24, 2.45) is 0 Å². The average molecular weight is 429 g/mol. The van der Waals surface area contributed by atoms with Crippen molar-refractivity contribution in [2.45, 2.75) is 6.54 Å². The third kappa shape index (κ3) is 3.25. The maximum Gasteiger partial charge on any atom is 0.293 e. The SMILES string of the molecule is O=C1S/C(=C\c2ccc(I)o2)C(=O)N1Cc1ccc(F)cc1. The quantitative estimate of drug-likeness (QED) is 0.541. The number of hydrogen-bond acceptors (Lipinski definition) is 4. The van der Waals surface area contributed by atoms with Crippen molar-refractivity contribution in [2.75, 3.05) is 0 Å². The summed E-state index contributed by atoms with van der Waals surface area (Å²) in [6, 6.07) is 9.21. The summed E-state index contributed by atoms with van der Waals surface area (Å²) in [6.45, 7) is 0.123. The largest absolute Gasteiger partial charge is 0.451 e. The van der Waals surface area contributed by atoms with Crippen molar-refractivity contribution < 1.29 is 18.4 Å². The molecule has 0 spiro atoms. The Bertz CT molecular complexity index is 769. The van der Waals surface area contributed by atoms with E-state index in [1.165, 1.54) is 12.1 Å². The maximum absolute atomic E-state index is 12.9. The van der Waals surface area contributed by atoms with Crippen LogP contribution in [-0.2, 0) is 11.3 Å². The molecule has 0 radical (unpaired) electrons. The highest BCUT2D eigenvalue weighted by molar-refractivity contribution is 14.1. The van der Waals surface area contributed by atoms with E-state index in [4.69, 9.17) is 4.42 Å². The Morgan fingerprint density at radius 3 is 2.55 bits per heavy atom. The molecule has 1 saturated heterocycles. The number of carbonyl (C=O) groups excluding carboxylic acids is 2. The highest BCUT2D eigenvalue weighted by Crippen LogP contribution is 2.33. The first-order valence-electron chi connectivity index (χ1n) is 6.28. The zero-order valence-electron chi connectivity index (χ0n) is 11.1. The molecule has 0 N–H and O–H groups in total. The van der Waals surface area contributed by atoms with Crippen LogP contribution in [0, 0.1) is 9.58 Å². The van der Waals surface area contributed by atoms with E-state index in [1.807, 2.05) is 22.6 Å². The average Bonchev–Trinajstić information content (AvgIpc) is 3.00. The maximum atomic E-state index is 12.9. The smallest absolute Gasteiger partial charge is 0.293 e. The van der Waals surface area contributed by atoms with Crippen molar-refractivity contribution in [3.05, 3.63) is 62.2 Å². The number of imide groups is 1. The monoisotopic (exact) mass is 429 g/mol. The van der Waals surface area contributed by atoms with Crippen LogP contribution in [0.1, 0.15) is 11.3 Å². The lowest BCUT2D eigenvalue weighted by Gasteiger charge is -2.12. The van der Waals surface area contributed by atoms with Crippen molar-refractivity contribution in [3.63, 3.8) is 0 Å². The molecule has 1 aliphatic rings. The van der Waals surface area contributed by atoms with Gasteiger partial charge >= 0.3 is 0 Å². The molecule has 0 saturated carbocycles. The molecule has 3 rings (SSSR count). The molecule has 1 aromatic heterocycles. The van der Waals surface area contributed by atoms with Gasteiger partial charge in [-0.3, -0.25) is 14.5 Å². The molecule has 7 heteroatoms. The molecule has 22 heavy (non-hydrogen) atoms. The van der Waals surface area contributed by atoms with Crippen molar-refractivity contribution in [3.8, 4) is 0 Å². The van der Waals surface area contributed by atoms with E-state index in [9.17, 15) is 14.0 Å². The van der Waals surface area contributed by atoms with Gasteiger partial charge < -0.3 is 4.42 Å². The van der Waals surface area contributed by atoms with Crippen LogP contribution in [0.4, 0.5) is 9.18 Å². The van der Waals surface area contributed by atoms with Gasteiger partial charge in [0.2, 0.25) is 0 Å². The van der Waals surface area contributed by atoms with E-state index < -0.39 is 0 Å². The number of benzene rings is 1. The van der Waals surface area contributed by atoms with Gasteiger partial charge in [-0.25, -0.2) is 4.39 Å². The molecular weight excluding hydrogens is 420 g/mol. The first-order valence-corrected chi connectivity index (χ1v) is 8.17. The standard InChI is InChI=1S/C15H9FINO3S/c16-10-3-1-9(2-4-10)8-18-14(19)12(22-15(18)20)7-11-5-6-13(17)21-11/h1-7H,8H2/b12-7-. The number of carbonyl (C=O) groups is 2. The van der Waals surface area contributed by atoms with Crippen LogP contribution in [0.3, 0.4) is 0 Å². The Labute approximate surface area is 143 Å². The first-order chi connectivity index (χ1) is 10.5. The molecule has 1 fully saturated rings. The number of rotatable bonds is 3. The van der Waals surface area contributed by atoms with Crippen molar-refractivity contribution in [1.29, 1.82) is 0 Å². The zero-order chi connectivity index (χ0) is 15.7. The van der Waals surface area contributed by atoms with Crippen LogP contribution in [0.5, 0.6) is 0 Å². The van der Waals surface area contributed by atoms with Crippen LogP contribution < -0.4 is 0 Å². The second-order valence-corrected chi connectivity index (χ2v) is 6.59. The topological polar surface area (TPSA) is 50.5 Å². The molecule has 4 nitrogen and oxygen atoms in total. The fourth-order valence-corrected chi connectivity index (χ4v) is 3.20. The first kappa shape index (κ1) is 15.3. The highest BCUT2D eigenvalue weighted by atomic mass is 127. The molecule has 112 valence electrons. The van der Waals surface area contributed by atoms with Gasteiger partial charge in [-0.1, -0.05) is 12.1 Å². The van der Waals surface area contributed by atoms with Crippen molar-refractivity contribution in [1.82, 2.24) is 4.90 Å². The number of hydrogen-bond donors (Lipinski definition) is 0. The van der Waals surface area contributed by atoms with Gasteiger partial charge in [-0.2, -0.15) is 0 Å². The van der Waals surface area contributed by atoms with E-state index >= 15 is 0 Å². The third-order valence-corrected chi connectivity index (χ3v) is 4.48. The second-order valence-electron chi connectivity index (χ2n) is 4.54. The lowest BCUT2D eigenvalue weighted by molar-refractivity contribution is -0.123. The number of nitrogens with zero attached hydrogens (tertiary/aromatic N) is 1. The molecule has 2 amide bonds. The number of thioether (sulfide) groups is 1. The molecule has 0 aliphatic carbocycles. The predicted molar refractivity (Wildman–Crippen MR) is 89.3 cm³/mol. The summed E-state index contributed by atoms with van der Waals surface area (Å²) < 4.78 is 19.0. The molecule has 1 aromatic carbocycles. The van der Waals surface area contributed by atoms with Gasteiger partial charge in [0.15, 0.2) is 3.77 Å². The minimum absolute atomic E-state index is 0.123. The van der Waals surface area contributed by atoms with E-state index in [0.717, 1.165) is 16.7 Å². The normalized spacial score (nSPS) is 16.8. The van der Waals surface area contributed by atoms with E-state index in [2.05, 4.69) is 0 Å². The minimum atomic E-state index is -0.370. The summed E-state index contributed by atoms with van der Waals surface area (Å²) in [7, 11) is 0. The Balaban J connectivity index is 1.79. The molecule has 2 heterocycles. The lowest BCUT2D eigenvalue weighted by Crippen LogP contribution is -2.27. The molecule has 0 bridgehead atoms. The van der Waals surface area contributed by atoms with Gasteiger partial charge in [0.05, 0.1) is 11.4 Å². The van der Waals surface area contributed by atoms with Gasteiger partial charge in [-0.05, 0) is 64.2 Å². The fourth-order valence-electron chi connectivity index (χ4n) is 1.94. The lowest BCUT2D eigenvalue weighted by atomic mass is 10.2. The number of amides is 2. The number of halogens is 2. The third-order valence-electron chi connectivity index (χ3n) is 2.99. The summed E-state index contributed by atoms with van der Waals surface area (Å²) in [6.07, 6.45) is 1.55. The highest BCUT2D eigenvalue weighted by Gasteiger charge is 2.35. The van der Waals surface area contributed by atoms with Crippen LogP contribution in [-0.4, -0.2) is 16.0 Å². The molecule has 0 atom stereocenters.